The summed E-state index contributed by atoms with van der Waals surface area (Å²) in [6.07, 6.45) is 5.81. The first-order valence-corrected chi connectivity index (χ1v) is 17.7. The molecule has 0 bridgehead atoms. The Morgan fingerprint density at radius 1 is 0.935 bits per heavy atom. The first kappa shape index (κ1) is 30.7. The fourth-order valence-electron chi connectivity index (χ4n) is 2.77. The van der Waals surface area contributed by atoms with Crippen LogP contribution in [0.15, 0.2) is 11.6 Å². The minimum Gasteiger partial charge on any atom is -0.414 e. The van der Waals surface area contributed by atoms with Crippen molar-refractivity contribution in [3.8, 4) is 0 Å². The highest BCUT2D eigenvalue weighted by Crippen LogP contribution is 2.39. The van der Waals surface area contributed by atoms with Crippen molar-refractivity contribution < 1.29 is 18.4 Å². The van der Waals surface area contributed by atoms with E-state index in [0.29, 0.717) is 6.61 Å². The van der Waals surface area contributed by atoms with Crippen LogP contribution < -0.4 is 0 Å². The summed E-state index contributed by atoms with van der Waals surface area (Å²) in [5.41, 5.74) is 1.19. The van der Waals surface area contributed by atoms with Crippen LogP contribution in [0.2, 0.25) is 36.3 Å². The molecule has 0 heterocycles. The van der Waals surface area contributed by atoms with Crippen molar-refractivity contribution in [3.63, 3.8) is 0 Å². The van der Waals surface area contributed by atoms with Crippen LogP contribution >= 0.6 is 0 Å². The van der Waals surface area contributed by atoms with E-state index in [9.17, 15) is 4.79 Å². The summed E-state index contributed by atoms with van der Waals surface area (Å²) >= 11 is 0. The van der Waals surface area contributed by atoms with Gasteiger partial charge in [0, 0.05) is 25.6 Å². The van der Waals surface area contributed by atoms with Gasteiger partial charge in [-0.25, -0.2) is 0 Å². The van der Waals surface area contributed by atoms with Gasteiger partial charge < -0.3 is 18.4 Å². The molecule has 0 fully saturated rings. The molecule has 0 aliphatic rings. The van der Waals surface area contributed by atoms with Crippen LogP contribution in [0.25, 0.3) is 0 Å². The molecule has 0 unspecified atom stereocenters. The van der Waals surface area contributed by atoms with E-state index in [4.69, 9.17) is 13.6 Å². The van der Waals surface area contributed by atoms with Gasteiger partial charge in [0.05, 0.1) is 12.7 Å². The van der Waals surface area contributed by atoms with Gasteiger partial charge in [0.25, 0.3) is 0 Å². The third-order valence-electron chi connectivity index (χ3n) is 7.37. The number of methoxy groups -OCH3 is 1. The smallest absolute Gasteiger partial charge is 0.192 e. The second-order valence-electron chi connectivity index (χ2n) is 12.2. The quantitative estimate of drug-likeness (QED) is 0.159. The third-order valence-corrected chi connectivity index (χ3v) is 16.4. The molecule has 31 heavy (non-hydrogen) atoms. The van der Waals surface area contributed by atoms with Crippen LogP contribution in [-0.4, -0.2) is 48.8 Å². The Balaban J connectivity index is 5.34. The molecule has 0 aromatic heterocycles. The molecular weight excluding hydrogens is 420 g/mol. The van der Waals surface area contributed by atoms with E-state index in [0.717, 1.165) is 25.5 Å². The van der Waals surface area contributed by atoms with Crippen molar-refractivity contribution in [1.82, 2.24) is 0 Å². The summed E-state index contributed by atoms with van der Waals surface area (Å²) in [5, 5.41) is 0.346. The monoisotopic (exact) mass is 472 g/mol. The zero-order valence-electron chi connectivity index (χ0n) is 22.8. The summed E-state index contributed by atoms with van der Waals surface area (Å²) < 4.78 is 19.0. The predicted octanol–water partition coefficient (Wildman–Crippen LogP) is 7.37. The molecule has 0 aromatic rings. The highest BCUT2D eigenvalue weighted by atomic mass is 28.4. The number of hydrogen-bond acceptors (Lipinski definition) is 4. The Bertz CT molecular complexity index is 571. The first-order chi connectivity index (χ1) is 13.9. The van der Waals surface area contributed by atoms with Crippen molar-refractivity contribution >= 4 is 22.9 Å². The highest BCUT2D eigenvalue weighted by Gasteiger charge is 2.40. The van der Waals surface area contributed by atoms with E-state index in [1.54, 1.807) is 7.11 Å². The molecule has 0 saturated carbocycles. The van der Waals surface area contributed by atoms with E-state index in [-0.39, 0.29) is 28.2 Å². The molecule has 0 N–H and O–H groups in total. The molecular formula is C25H52O4Si2. The fourth-order valence-corrected chi connectivity index (χ4v) is 5.11. The van der Waals surface area contributed by atoms with Gasteiger partial charge in [-0.15, -0.1) is 0 Å². The molecule has 0 aliphatic carbocycles. The maximum absolute atomic E-state index is 11.1. The summed E-state index contributed by atoms with van der Waals surface area (Å²) in [7, 11) is -1.91. The zero-order chi connectivity index (χ0) is 24.7. The predicted molar refractivity (Wildman–Crippen MR) is 139 cm³/mol. The first-order valence-electron chi connectivity index (χ1n) is 11.8. The van der Waals surface area contributed by atoms with Gasteiger partial charge in [0.2, 0.25) is 0 Å². The Morgan fingerprint density at radius 2 is 1.45 bits per heavy atom. The molecule has 0 saturated heterocycles. The van der Waals surface area contributed by atoms with Crippen molar-refractivity contribution in [2.75, 3.05) is 13.7 Å². The lowest BCUT2D eigenvalue weighted by atomic mass is 9.98. The Labute approximate surface area is 195 Å². The number of rotatable bonds is 13. The lowest BCUT2D eigenvalue weighted by Gasteiger charge is -2.40. The van der Waals surface area contributed by atoms with Crippen LogP contribution in [-0.2, 0) is 18.4 Å². The van der Waals surface area contributed by atoms with Crippen LogP contribution in [0.3, 0.4) is 0 Å². The molecule has 3 atom stereocenters. The van der Waals surface area contributed by atoms with Crippen LogP contribution in [0, 0.1) is 5.92 Å². The number of carbonyl (C=O) groups is 1. The standard InChI is InChI=1S/C25H52O4Si2/c1-20(19-26)14-15-22(29-31(12,13)25(6,7)8)18-23(27-9)21(2)16-17-28-30(10,11)24(3,4)5/h16,19-20,22-23H,14-15,17-18H2,1-13H3/b21-16+/t20-,22-,23-/m0/s1. The number of aldehydes is 1. The van der Waals surface area contributed by atoms with Crippen molar-refractivity contribution in [2.24, 2.45) is 5.92 Å². The van der Waals surface area contributed by atoms with Gasteiger partial charge in [-0.3, -0.25) is 0 Å². The van der Waals surface area contributed by atoms with E-state index >= 15 is 0 Å². The van der Waals surface area contributed by atoms with Crippen molar-refractivity contribution in [1.29, 1.82) is 0 Å². The fraction of sp³-hybridized carbons (Fsp3) is 0.880. The number of hydrogen-bond donors (Lipinski definition) is 0. The molecule has 184 valence electrons. The summed E-state index contributed by atoms with van der Waals surface area (Å²) in [6, 6.07) is 0. The second-order valence-corrected chi connectivity index (χ2v) is 21.7. The normalized spacial score (nSPS) is 17.4. The molecule has 4 nitrogen and oxygen atoms in total. The van der Waals surface area contributed by atoms with Gasteiger partial charge in [-0.05, 0) is 61.6 Å². The van der Waals surface area contributed by atoms with Gasteiger partial charge in [0.1, 0.15) is 6.29 Å². The van der Waals surface area contributed by atoms with Gasteiger partial charge in [-0.1, -0.05) is 54.5 Å². The van der Waals surface area contributed by atoms with Crippen molar-refractivity contribution in [3.05, 3.63) is 11.6 Å². The zero-order valence-corrected chi connectivity index (χ0v) is 24.8. The van der Waals surface area contributed by atoms with Gasteiger partial charge >= 0.3 is 0 Å². The van der Waals surface area contributed by atoms with Crippen LogP contribution in [0.4, 0.5) is 0 Å². The topological polar surface area (TPSA) is 44.8 Å². The lowest BCUT2D eigenvalue weighted by Crippen LogP contribution is -2.45. The maximum Gasteiger partial charge on any atom is 0.192 e. The number of carbonyl (C=O) groups excluding carboxylic acids is 1. The highest BCUT2D eigenvalue weighted by molar-refractivity contribution is 6.74. The third kappa shape index (κ3) is 10.5. The van der Waals surface area contributed by atoms with E-state index in [1.165, 1.54) is 5.57 Å². The molecule has 0 amide bonds. The van der Waals surface area contributed by atoms with E-state index < -0.39 is 16.6 Å². The minimum absolute atomic E-state index is 0.00989. The van der Waals surface area contributed by atoms with Gasteiger partial charge in [-0.2, -0.15) is 0 Å². The molecule has 0 rings (SSSR count). The summed E-state index contributed by atoms with van der Waals surface area (Å²) in [6.45, 7) is 27.4. The Kier molecular flexibility index (Phi) is 12.2. The molecule has 0 spiro atoms. The molecule has 0 aromatic carbocycles. The largest absolute Gasteiger partial charge is 0.414 e. The van der Waals surface area contributed by atoms with Crippen LogP contribution in [0.5, 0.6) is 0 Å². The Hall–Kier alpha value is -0.276. The van der Waals surface area contributed by atoms with Crippen molar-refractivity contribution in [2.45, 2.75) is 123 Å². The minimum atomic E-state index is -1.92. The SMILES string of the molecule is CO[C@@H](C[C@H](CC[C@H](C)C=O)O[Si](C)(C)C(C)(C)C)/C(C)=C/CO[Si](C)(C)C(C)(C)C. The molecule has 0 radical (unpaired) electrons. The van der Waals surface area contributed by atoms with Gasteiger partial charge in [0.15, 0.2) is 16.6 Å². The average Bonchev–Trinajstić information content (AvgIpc) is 2.61. The maximum atomic E-state index is 11.1. The lowest BCUT2D eigenvalue weighted by molar-refractivity contribution is -0.110. The average molecular weight is 473 g/mol. The Morgan fingerprint density at radius 3 is 1.87 bits per heavy atom. The van der Waals surface area contributed by atoms with E-state index in [1.807, 2.05) is 6.92 Å². The molecule has 0 aliphatic heterocycles. The molecule has 6 heteroatoms. The van der Waals surface area contributed by atoms with Crippen LogP contribution in [0.1, 0.15) is 74.7 Å². The van der Waals surface area contributed by atoms with E-state index in [2.05, 4.69) is 80.7 Å². The summed E-state index contributed by atoms with van der Waals surface area (Å²) in [4.78, 5) is 11.1. The second kappa shape index (κ2) is 12.3. The summed E-state index contributed by atoms with van der Waals surface area (Å²) in [5.74, 6) is 0.0566. The number of ether oxygens (including phenoxy) is 1.